The molecule has 1 aliphatic rings. The first-order valence-corrected chi connectivity index (χ1v) is 9.35. The molecule has 3 aromatic rings. The number of aryl methyl sites for hydroxylation is 1. The number of aliphatic imine (C=N–C) groups is 1. The molecule has 0 saturated carbocycles. The normalized spacial score (nSPS) is 19.0. The van der Waals surface area contributed by atoms with Gasteiger partial charge >= 0.3 is 0 Å². The Kier molecular flexibility index (Phi) is 5.03. The van der Waals surface area contributed by atoms with E-state index < -0.39 is 0 Å². The monoisotopic (exact) mass is 360 g/mol. The molecule has 4 rings (SSSR count). The van der Waals surface area contributed by atoms with Crippen LogP contribution in [0.2, 0.25) is 5.02 Å². The van der Waals surface area contributed by atoms with Gasteiger partial charge in [0.2, 0.25) is 0 Å². The highest BCUT2D eigenvalue weighted by molar-refractivity contribution is 6.30. The third-order valence-corrected chi connectivity index (χ3v) is 5.05. The molecule has 0 bridgehead atoms. The fourth-order valence-electron chi connectivity index (χ4n) is 3.43. The molecule has 0 fully saturated rings. The van der Waals surface area contributed by atoms with Crippen LogP contribution in [0.1, 0.15) is 35.2 Å². The van der Waals surface area contributed by atoms with Crippen LogP contribution in [0.5, 0.6) is 0 Å². The molecule has 0 saturated heterocycles. The molecule has 26 heavy (non-hydrogen) atoms. The Labute approximate surface area is 159 Å². The zero-order valence-electron chi connectivity index (χ0n) is 14.5. The minimum atomic E-state index is 0.110. The number of rotatable bonds is 5. The lowest BCUT2D eigenvalue weighted by Gasteiger charge is -2.19. The van der Waals surface area contributed by atoms with Crippen LogP contribution in [0.3, 0.4) is 0 Å². The Balaban J connectivity index is 1.55. The maximum absolute atomic E-state index is 5.98. The Morgan fingerprint density at radius 1 is 0.731 bits per heavy atom. The number of hydrogen-bond donors (Lipinski definition) is 1. The summed E-state index contributed by atoms with van der Waals surface area (Å²) in [6.45, 7) is 0. The van der Waals surface area contributed by atoms with Crippen molar-refractivity contribution in [3.8, 4) is 0 Å². The Hall–Kier alpha value is -2.58. The van der Waals surface area contributed by atoms with Gasteiger partial charge in [0.05, 0.1) is 11.9 Å². The quantitative estimate of drug-likeness (QED) is 0.614. The highest BCUT2D eigenvalue weighted by atomic mass is 35.5. The van der Waals surface area contributed by atoms with E-state index in [-0.39, 0.29) is 12.1 Å². The Morgan fingerprint density at radius 2 is 1.35 bits per heavy atom. The van der Waals surface area contributed by atoms with E-state index in [1.807, 2.05) is 12.1 Å². The molecule has 130 valence electrons. The third kappa shape index (κ3) is 3.81. The van der Waals surface area contributed by atoms with E-state index in [1.165, 1.54) is 16.7 Å². The Bertz CT molecular complexity index is 873. The zero-order valence-corrected chi connectivity index (χ0v) is 15.2. The zero-order chi connectivity index (χ0) is 17.8. The van der Waals surface area contributed by atoms with Crippen LogP contribution in [0.4, 0.5) is 0 Å². The van der Waals surface area contributed by atoms with Gasteiger partial charge in [-0.2, -0.15) is 0 Å². The van der Waals surface area contributed by atoms with E-state index in [1.54, 1.807) is 0 Å². The second-order valence-corrected chi connectivity index (χ2v) is 7.03. The van der Waals surface area contributed by atoms with Crippen molar-refractivity contribution >= 4 is 17.4 Å². The molecule has 0 aromatic heterocycles. The fourth-order valence-corrected chi connectivity index (χ4v) is 3.56. The second kappa shape index (κ2) is 7.76. The van der Waals surface area contributed by atoms with Gasteiger partial charge in [0.15, 0.2) is 0 Å². The summed E-state index contributed by atoms with van der Waals surface area (Å²) in [6.07, 6.45) is 1.85. The van der Waals surface area contributed by atoms with Gasteiger partial charge in [0.25, 0.3) is 0 Å². The molecule has 1 N–H and O–H groups in total. The van der Waals surface area contributed by atoms with Gasteiger partial charge in [0, 0.05) is 11.4 Å². The summed E-state index contributed by atoms with van der Waals surface area (Å²) >= 11 is 5.98. The largest absolute Gasteiger partial charge is 0.364 e. The molecule has 0 aliphatic carbocycles. The third-order valence-electron chi connectivity index (χ3n) is 4.80. The topological polar surface area (TPSA) is 24.4 Å². The SMILES string of the molecule is Clc1ccc(CCC2=N[C@H](c3ccccc3)[C@H](c3ccccc3)N2)cc1. The number of halogens is 1. The molecule has 3 heteroatoms. The first kappa shape index (κ1) is 16.9. The van der Waals surface area contributed by atoms with Crippen LogP contribution < -0.4 is 5.32 Å². The summed E-state index contributed by atoms with van der Waals surface area (Å²) in [4.78, 5) is 5.03. The Morgan fingerprint density at radius 3 is 2.00 bits per heavy atom. The van der Waals surface area contributed by atoms with E-state index in [0.29, 0.717) is 0 Å². The molecule has 0 radical (unpaired) electrons. The summed E-state index contributed by atoms with van der Waals surface area (Å²) in [6, 6.07) is 29.5. The van der Waals surface area contributed by atoms with Crippen LogP contribution in [-0.4, -0.2) is 5.84 Å². The van der Waals surface area contributed by atoms with E-state index in [2.05, 4.69) is 78.1 Å². The van der Waals surface area contributed by atoms with Crippen LogP contribution in [0.25, 0.3) is 0 Å². The maximum Gasteiger partial charge on any atom is 0.101 e. The van der Waals surface area contributed by atoms with Gasteiger partial charge < -0.3 is 5.32 Å². The summed E-state index contributed by atoms with van der Waals surface area (Å²) in [7, 11) is 0. The molecule has 1 aliphatic heterocycles. The van der Waals surface area contributed by atoms with Gasteiger partial charge in [-0.15, -0.1) is 0 Å². The number of benzene rings is 3. The van der Waals surface area contributed by atoms with Crippen molar-refractivity contribution in [2.75, 3.05) is 0 Å². The summed E-state index contributed by atoms with van der Waals surface area (Å²) < 4.78 is 0. The molecular weight excluding hydrogens is 340 g/mol. The van der Waals surface area contributed by atoms with Crippen molar-refractivity contribution in [3.05, 3.63) is 107 Å². The molecule has 1 heterocycles. The maximum atomic E-state index is 5.98. The number of amidine groups is 1. The predicted molar refractivity (Wildman–Crippen MR) is 109 cm³/mol. The average molecular weight is 361 g/mol. The highest BCUT2D eigenvalue weighted by Crippen LogP contribution is 2.36. The van der Waals surface area contributed by atoms with Crippen molar-refractivity contribution in [3.63, 3.8) is 0 Å². The highest BCUT2D eigenvalue weighted by Gasteiger charge is 2.30. The van der Waals surface area contributed by atoms with Crippen molar-refractivity contribution < 1.29 is 0 Å². The average Bonchev–Trinajstić information content (AvgIpc) is 3.13. The minimum Gasteiger partial charge on any atom is -0.364 e. The van der Waals surface area contributed by atoms with Crippen molar-refractivity contribution in [2.24, 2.45) is 4.99 Å². The molecule has 0 spiro atoms. The molecule has 0 amide bonds. The summed E-state index contributed by atoms with van der Waals surface area (Å²) in [5.74, 6) is 1.07. The van der Waals surface area contributed by atoms with Gasteiger partial charge in [-0.1, -0.05) is 84.4 Å². The molecule has 3 aromatic carbocycles. The van der Waals surface area contributed by atoms with Gasteiger partial charge in [0.1, 0.15) is 6.04 Å². The first-order chi connectivity index (χ1) is 12.8. The smallest absolute Gasteiger partial charge is 0.101 e. The van der Waals surface area contributed by atoms with Gasteiger partial charge in [-0.25, -0.2) is 0 Å². The van der Waals surface area contributed by atoms with Crippen LogP contribution >= 0.6 is 11.6 Å². The fraction of sp³-hybridized carbons (Fsp3) is 0.174. The van der Waals surface area contributed by atoms with E-state index in [4.69, 9.17) is 16.6 Å². The van der Waals surface area contributed by atoms with Crippen LogP contribution in [0, 0.1) is 0 Å². The van der Waals surface area contributed by atoms with Crippen LogP contribution in [-0.2, 0) is 6.42 Å². The van der Waals surface area contributed by atoms with Crippen molar-refractivity contribution in [2.45, 2.75) is 24.9 Å². The minimum absolute atomic E-state index is 0.110. The lowest BCUT2D eigenvalue weighted by atomic mass is 9.95. The lowest BCUT2D eigenvalue weighted by Crippen LogP contribution is -2.24. The van der Waals surface area contributed by atoms with E-state index in [9.17, 15) is 0 Å². The van der Waals surface area contributed by atoms with Gasteiger partial charge in [-0.3, -0.25) is 4.99 Å². The summed E-state index contributed by atoms with van der Waals surface area (Å²) in [5.41, 5.74) is 3.79. The number of nitrogens with one attached hydrogen (secondary N) is 1. The molecule has 0 unspecified atom stereocenters. The van der Waals surface area contributed by atoms with E-state index >= 15 is 0 Å². The van der Waals surface area contributed by atoms with E-state index in [0.717, 1.165) is 23.7 Å². The number of nitrogens with zero attached hydrogens (tertiary/aromatic N) is 1. The van der Waals surface area contributed by atoms with Crippen LogP contribution in [0.15, 0.2) is 89.9 Å². The predicted octanol–water partition coefficient (Wildman–Crippen LogP) is 5.76. The molecule has 2 atom stereocenters. The van der Waals surface area contributed by atoms with Crippen molar-refractivity contribution in [1.82, 2.24) is 5.32 Å². The van der Waals surface area contributed by atoms with Gasteiger partial charge in [-0.05, 0) is 35.2 Å². The second-order valence-electron chi connectivity index (χ2n) is 6.59. The first-order valence-electron chi connectivity index (χ1n) is 8.97. The number of hydrogen-bond acceptors (Lipinski definition) is 2. The molecular formula is C23H21ClN2. The lowest BCUT2D eigenvalue weighted by molar-refractivity contribution is 0.571. The van der Waals surface area contributed by atoms with Crippen molar-refractivity contribution in [1.29, 1.82) is 0 Å². The standard InChI is InChI=1S/C23H21ClN2/c24-20-14-11-17(12-15-20)13-16-21-25-22(18-7-3-1-4-8-18)23(26-21)19-9-5-2-6-10-19/h1-12,14-15,22-23H,13,16H2,(H,25,26)/t22-,23+. The molecule has 2 nitrogen and oxygen atoms in total. The summed E-state index contributed by atoms with van der Waals surface area (Å²) in [5, 5.41) is 4.44.